The second-order valence-corrected chi connectivity index (χ2v) is 6.05. The zero-order valence-electron chi connectivity index (χ0n) is 13.4. The summed E-state index contributed by atoms with van der Waals surface area (Å²) in [5.74, 6) is -2.70. The highest BCUT2D eigenvalue weighted by atomic mass is 16.6. The average Bonchev–Trinajstić information content (AvgIpc) is 2.41. The lowest BCUT2D eigenvalue weighted by molar-refractivity contribution is -0.149. The Morgan fingerprint density at radius 2 is 1.70 bits per heavy atom. The van der Waals surface area contributed by atoms with Gasteiger partial charge in [-0.3, -0.25) is 9.69 Å². The summed E-state index contributed by atoms with van der Waals surface area (Å²) in [4.78, 5) is 35.6. The van der Waals surface area contributed by atoms with Crippen LogP contribution in [0.1, 0.15) is 32.8 Å². The fourth-order valence-electron chi connectivity index (χ4n) is 1.90. The molecule has 1 amide bonds. The minimum atomic E-state index is -1.51. The minimum Gasteiger partial charge on any atom is -0.481 e. The smallest absolute Gasteiger partial charge is 0.411 e. The topological polar surface area (TPSA) is 104 Å². The third kappa shape index (κ3) is 6.37. The summed E-state index contributed by atoms with van der Waals surface area (Å²) < 4.78 is 5.22. The number of amides is 1. The van der Waals surface area contributed by atoms with Crippen LogP contribution < -0.4 is 0 Å². The van der Waals surface area contributed by atoms with E-state index >= 15 is 0 Å². The predicted molar refractivity (Wildman–Crippen MR) is 81.9 cm³/mol. The first-order chi connectivity index (χ1) is 10.6. The number of benzene rings is 1. The van der Waals surface area contributed by atoms with E-state index in [4.69, 9.17) is 9.84 Å². The number of hydrogen-bond acceptors (Lipinski definition) is 4. The molecule has 0 heterocycles. The molecule has 7 nitrogen and oxygen atoms in total. The van der Waals surface area contributed by atoms with Crippen LogP contribution >= 0.6 is 0 Å². The molecule has 0 aromatic heterocycles. The Morgan fingerprint density at radius 3 is 2.13 bits per heavy atom. The van der Waals surface area contributed by atoms with Gasteiger partial charge in [0.25, 0.3) is 0 Å². The molecule has 0 fully saturated rings. The molecule has 0 saturated heterocycles. The number of carbonyl (C=O) groups excluding carboxylic acids is 1. The monoisotopic (exact) mass is 323 g/mol. The molecule has 0 saturated carbocycles. The first-order valence-corrected chi connectivity index (χ1v) is 7.08. The molecule has 0 spiro atoms. The molecule has 23 heavy (non-hydrogen) atoms. The summed E-state index contributed by atoms with van der Waals surface area (Å²) in [5, 5.41) is 18.2. The fraction of sp³-hybridized carbons (Fsp3) is 0.438. The molecule has 1 unspecified atom stereocenters. The molecule has 1 aromatic carbocycles. The fourth-order valence-corrected chi connectivity index (χ4v) is 1.90. The molecule has 0 aliphatic rings. The van der Waals surface area contributed by atoms with Gasteiger partial charge in [0.05, 0.1) is 6.42 Å². The maximum atomic E-state index is 12.3. The van der Waals surface area contributed by atoms with Gasteiger partial charge in [-0.25, -0.2) is 9.59 Å². The van der Waals surface area contributed by atoms with Crippen molar-refractivity contribution in [1.29, 1.82) is 0 Å². The second kappa shape index (κ2) is 7.62. The lowest BCUT2D eigenvalue weighted by Crippen LogP contribution is -2.47. The summed E-state index contributed by atoms with van der Waals surface area (Å²) >= 11 is 0. The van der Waals surface area contributed by atoms with Crippen LogP contribution in [0.4, 0.5) is 4.79 Å². The molecule has 2 N–H and O–H groups in total. The third-order valence-corrected chi connectivity index (χ3v) is 2.85. The van der Waals surface area contributed by atoms with Gasteiger partial charge in [0.15, 0.2) is 0 Å². The van der Waals surface area contributed by atoms with E-state index in [9.17, 15) is 19.5 Å². The van der Waals surface area contributed by atoms with Crippen molar-refractivity contribution < 1.29 is 29.3 Å². The number of aliphatic carboxylic acids is 2. The van der Waals surface area contributed by atoms with Crippen molar-refractivity contribution in [2.45, 2.75) is 45.4 Å². The van der Waals surface area contributed by atoms with Crippen molar-refractivity contribution in [3.8, 4) is 0 Å². The summed E-state index contributed by atoms with van der Waals surface area (Å²) in [6, 6.07) is 7.20. The predicted octanol–water partition coefficient (Wildman–Crippen LogP) is 2.35. The number of carbonyl (C=O) groups is 3. The first-order valence-electron chi connectivity index (χ1n) is 7.08. The number of carboxylic acid groups (broad SMARTS) is 2. The van der Waals surface area contributed by atoms with E-state index < -0.39 is 36.1 Å². The Kier molecular flexibility index (Phi) is 6.12. The van der Waals surface area contributed by atoms with Crippen molar-refractivity contribution >= 4 is 18.0 Å². The molecule has 7 heteroatoms. The Balaban J connectivity index is 3.09. The lowest BCUT2D eigenvalue weighted by Gasteiger charge is -2.31. The van der Waals surface area contributed by atoms with E-state index in [1.807, 2.05) is 0 Å². The van der Waals surface area contributed by atoms with Gasteiger partial charge < -0.3 is 14.9 Å². The van der Waals surface area contributed by atoms with Crippen LogP contribution in [-0.2, 0) is 20.9 Å². The van der Waals surface area contributed by atoms with Crippen LogP contribution in [0.5, 0.6) is 0 Å². The van der Waals surface area contributed by atoms with E-state index in [0.29, 0.717) is 5.56 Å². The summed E-state index contributed by atoms with van der Waals surface area (Å²) in [6.07, 6.45) is -1.57. The number of carboxylic acids is 2. The molecule has 1 rings (SSSR count). The van der Waals surface area contributed by atoms with Crippen molar-refractivity contribution in [3.63, 3.8) is 0 Å². The van der Waals surface area contributed by atoms with Crippen LogP contribution in [-0.4, -0.2) is 44.8 Å². The Hall–Kier alpha value is -2.57. The van der Waals surface area contributed by atoms with Gasteiger partial charge in [-0.1, -0.05) is 30.3 Å². The van der Waals surface area contributed by atoms with Crippen molar-refractivity contribution in [2.24, 2.45) is 0 Å². The van der Waals surface area contributed by atoms with Gasteiger partial charge in [0, 0.05) is 6.54 Å². The van der Waals surface area contributed by atoms with Crippen LogP contribution in [0.2, 0.25) is 0 Å². The van der Waals surface area contributed by atoms with E-state index in [2.05, 4.69) is 0 Å². The van der Waals surface area contributed by atoms with Crippen LogP contribution in [0.15, 0.2) is 30.3 Å². The first kappa shape index (κ1) is 18.5. The molecule has 0 aliphatic heterocycles. The largest absolute Gasteiger partial charge is 0.481 e. The lowest BCUT2D eigenvalue weighted by atomic mass is 10.1. The van der Waals surface area contributed by atoms with Gasteiger partial charge in [-0.15, -0.1) is 0 Å². The zero-order chi connectivity index (χ0) is 17.6. The van der Waals surface area contributed by atoms with Gasteiger partial charge in [-0.05, 0) is 26.3 Å². The van der Waals surface area contributed by atoms with Gasteiger partial charge in [0.1, 0.15) is 11.6 Å². The van der Waals surface area contributed by atoms with Gasteiger partial charge in [0.2, 0.25) is 0 Å². The van der Waals surface area contributed by atoms with Crippen molar-refractivity contribution in [1.82, 2.24) is 4.90 Å². The van der Waals surface area contributed by atoms with E-state index in [0.717, 1.165) is 4.90 Å². The molecule has 0 radical (unpaired) electrons. The minimum absolute atomic E-state index is 0.0556. The van der Waals surface area contributed by atoms with Crippen molar-refractivity contribution in [3.05, 3.63) is 35.9 Å². The second-order valence-electron chi connectivity index (χ2n) is 6.05. The van der Waals surface area contributed by atoms with E-state index in [-0.39, 0.29) is 6.54 Å². The number of rotatable bonds is 6. The van der Waals surface area contributed by atoms with Gasteiger partial charge in [-0.2, -0.15) is 0 Å². The zero-order valence-corrected chi connectivity index (χ0v) is 13.4. The summed E-state index contributed by atoms with van der Waals surface area (Å²) in [6.45, 7) is 4.90. The Morgan fingerprint density at radius 1 is 1.13 bits per heavy atom. The van der Waals surface area contributed by atoms with Crippen LogP contribution in [0.25, 0.3) is 0 Å². The highest BCUT2D eigenvalue weighted by Gasteiger charge is 2.34. The standard InChI is InChI=1S/C16H21NO6/c1-16(2,3)23-15(22)17(10-11-7-5-4-6-8-11)12(14(20)21)9-13(18)19/h4-8,12H,9-10H2,1-3H3,(H,18,19)(H,20,21). The summed E-state index contributed by atoms with van der Waals surface area (Å²) in [5.41, 5.74) is -0.145. The molecule has 0 aliphatic carbocycles. The third-order valence-electron chi connectivity index (χ3n) is 2.85. The Labute approximate surface area is 134 Å². The number of ether oxygens (including phenoxy) is 1. The van der Waals surface area contributed by atoms with Crippen molar-refractivity contribution in [2.75, 3.05) is 0 Å². The van der Waals surface area contributed by atoms with Crippen LogP contribution in [0.3, 0.4) is 0 Å². The number of hydrogen-bond donors (Lipinski definition) is 2. The molecule has 0 bridgehead atoms. The van der Waals surface area contributed by atoms with Gasteiger partial charge >= 0.3 is 18.0 Å². The quantitative estimate of drug-likeness (QED) is 0.832. The van der Waals surface area contributed by atoms with E-state index in [1.165, 1.54) is 0 Å². The molecular formula is C16H21NO6. The SMILES string of the molecule is CC(C)(C)OC(=O)N(Cc1ccccc1)C(CC(=O)O)C(=O)O. The average molecular weight is 323 g/mol. The maximum Gasteiger partial charge on any atom is 0.411 e. The summed E-state index contributed by atoms with van der Waals surface area (Å²) in [7, 11) is 0. The van der Waals surface area contributed by atoms with Crippen LogP contribution in [0, 0.1) is 0 Å². The Bertz CT molecular complexity index is 564. The number of nitrogens with zero attached hydrogens (tertiary/aromatic N) is 1. The molecule has 1 atom stereocenters. The molecule has 1 aromatic rings. The molecule has 126 valence electrons. The normalized spacial score (nSPS) is 12.3. The van der Waals surface area contributed by atoms with E-state index in [1.54, 1.807) is 51.1 Å². The highest BCUT2D eigenvalue weighted by Crippen LogP contribution is 2.17. The molecular weight excluding hydrogens is 302 g/mol. The highest BCUT2D eigenvalue weighted by molar-refractivity contribution is 5.84. The maximum absolute atomic E-state index is 12.3.